The van der Waals surface area contributed by atoms with Gasteiger partial charge in [-0.25, -0.2) is 0 Å². The van der Waals surface area contributed by atoms with Crippen molar-refractivity contribution in [2.45, 2.75) is 31.8 Å². The molecule has 0 radical (unpaired) electrons. The zero-order chi connectivity index (χ0) is 16.5. The fourth-order valence-electron chi connectivity index (χ4n) is 2.79. The Morgan fingerprint density at radius 1 is 1.12 bits per heavy atom. The van der Waals surface area contributed by atoms with E-state index in [-0.39, 0.29) is 12.6 Å². The zero-order valence-corrected chi connectivity index (χ0v) is 13.0. The van der Waals surface area contributed by atoms with Gasteiger partial charge in [-0.2, -0.15) is 0 Å². The highest BCUT2D eigenvalue weighted by Gasteiger charge is 2.21. The predicted octanol–water partition coefficient (Wildman–Crippen LogP) is 1.83. The maximum absolute atomic E-state index is 12.3. The third-order valence-corrected chi connectivity index (χ3v) is 4.37. The van der Waals surface area contributed by atoms with Crippen LogP contribution in [0, 0.1) is 0 Å². The van der Waals surface area contributed by atoms with Crippen LogP contribution in [-0.4, -0.2) is 19.3 Å². The van der Waals surface area contributed by atoms with Gasteiger partial charge in [0, 0.05) is 30.7 Å². The van der Waals surface area contributed by atoms with E-state index in [2.05, 4.69) is 10.1 Å². The second kappa shape index (κ2) is 5.92. The Morgan fingerprint density at radius 2 is 2.00 bits per heavy atom. The fraction of sp³-hybridized carbons (Fsp3) is 0.294. The van der Waals surface area contributed by atoms with Crippen LogP contribution in [0.4, 0.5) is 0 Å². The minimum atomic E-state index is -0.541. The number of nitrogens with zero attached hydrogens (tertiary/aromatic N) is 4. The minimum Gasteiger partial charge on any atom is -0.359 e. The first-order valence-electron chi connectivity index (χ1n) is 7.91. The zero-order valence-electron chi connectivity index (χ0n) is 13.0. The van der Waals surface area contributed by atoms with Crippen LogP contribution in [0.1, 0.15) is 31.1 Å². The monoisotopic (exact) mass is 324 g/mol. The Bertz CT molecular complexity index is 967. The topological polar surface area (TPSA) is 82.9 Å². The molecule has 0 saturated heterocycles. The molecule has 0 unspecified atom stereocenters. The first-order chi connectivity index (χ1) is 11.7. The summed E-state index contributed by atoms with van der Waals surface area (Å²) in [4.78, 5) is 28.7. The molecule has 0 spiro atoms. The van der Waals surface area contributed by atoms with Crippen molar-refractivity contribution in [1.82, 2.24) is 19.3 Å². The Kier molecular flexibility index (Phi) is 3.60. The maximum atomic E-state index is 12.3. The highest BCUT2D eigenvalue weighted by atomic mass is 16.5. The molecule has 0 aliphatic heterocycles. The third-order valence-electron chi connectivity index (χ3n) is 4.37. The van der Waals surface area contributed by atoms with E-state index in [0.717, 1.165) is 19.3 Å². The molecule has 0 bridgehead atoms. The van der Waals surface area contributed by atoms with Gasteiger partial charge >= 0.3 is 11.1 Å². The summed E-state index contributed by atoms with van der Waals surface area (Å²) >= 11 is 0. The first kappa shape index (κ1) is 14.6. The Morgan fingerprint density at radius 3 is 2.71 bits per heavy atom. The van der Waals surface area contributed by atoms with E-state index in [9.17, 15) is 9.59 Å². The average Bonchev–Trinajstić information content (AvgIpc) is 3.02. The van der Waals surface area contributed by atoms with Gasteiger partial charge in [0.25, 0.3) is 0 Å². The van der Waals surface area contributed by atoms with Gasteiger partial charge in [-0.3, -0.25) is 14.6 Å². The lowest BCUT2D eigenvalue weighted by molar-refractivity contribution is 0.302. The summed E-state index contributed by atoms with van der Waals surface area (Å²) in [6.45, 7) is 0.166. The van der Waals surface area contributed by atoms with Gasteiger partial charge in [-0.15, -0.1) is 0 Å². The van der Waals surface area contributed by atoms with Crippen LogP contribution in [0.25, 0.3) is 11.4 Å². The number of hydrogen-bond acceptors (Lipinski definition) is 5. The number of pyridine rings is 1. The van der Waals surface area contributed by atoms with Gasteiger partial charge < -0.3 is 13.7 Å². The molecule has 7 nitrogen and oxygen atoms in total. The lowest BCUT2D eigenvalue weighted by Gasteiger charge is -2.27. The van der Waals surface area contributed by atoms with Crippen LogP contribution in [0.5, 0.6) is 0 Å². The summed E-state index contributed by atoms with van der Waals surface area (Å²) in [7, 11) is 0. The summed E-state index contributed by atoms with van der Waals surface area (Å²) in [5.74, 6) is 0.499. The third kappa shape index (κ3) is 2.58. The molecule has 4 rings (SSSR count). The maximum Gasteiger partial charge on any atom is 0.316 e. The van der Waals surface area contributed by atoms with Crippen LogP contribution < -0.4 is 11.1 Å². The van der Waals surface area contributed by atoms with Crippen LogP contribution in [0.15, 0.2) is 57.0 Å². The Hall–Kier alpha value is -2.96. The molecule has 1 saturated carbocycles. The van der Waals surface area contributed by atoms with Crippen LogP contribution in [0.3, 0.4) is 0 Å². The molecule has 24 heavy (non-hydrogen) atoms. The number of rotatable bonds is 4. The van der Waals surface area contributed by atoms with Crippen molar-refractivity contribution in [2.24, 2.45) is 0 Å². The van der Waals surface area contributed by atoms with E-state index in [1.54, 1.807) is 29.2 Å². The Balaban J connectivity index is 1.60. The van der Waals surface area contributed by atoms with E-state index < -0.39 is 11.1 Å². The first-order valence-corrected chi connectivity index (χ1v) is 7.91. The lowest BCUT2D eigenvalue weighted by atomic mass is 9.93. The van der Waals surface area contributed by atoms with Crippen LogP contribution in [-0.2, 0) is 6.54 Å². The molecule has 3 heterocycles. The highest BCUT2D eigenvalue weighted by molar-refractivity contribution is 5.52. The molecule has 0 aromatic carbocycles. The van der Waals surface area contributed by atoms with Crippen molar-refractivity contribution in [3.63, 3.8) is 0 Å². The summed E-state index contributed by atoms with van der Waals surface area (Å²) in [5, 5.41) is 3.97. The second-order valence-corrected chi connectivity index (χ2v) is 5.92. The molecule has 1 aliphatic rings. The van der Waals surface area contributed by atoms with Gasteiger partial charge in [0.15, 0.2) is 5.76 Å². The van der Waals surface area contributed by atoms with Crippen molar-refractivity contribution in [3.05, 3.63) is 69.3 Å². The number of aromatic nitrogens is 4. The van der Waals surface area contributed by atoms with Crippen molar-refractivity contribution in [2.75, 3.05) is 0 Å². The van der Waals surface area contributed by atoms with Gasteiger partial charge in [-0.05, 0) is 31.4 Å². The molecule has 7 heteroatoms. The van der Waals surface area contributed by atoms with E-state index in [1.807, 2.05) is 18.2 Å². The smallest absolute Gasteiger partial charge is 0.316 e. The molecule has 0 N–H and O–H groups in total. The summed E-state index contributed by atoms with van der Waals surface area (Å²) < 4.78 is 8.16. The molecule has 0 amide bonds. The van der Waals surface area contributed by atoms with E-state index in [0.29, 0.717) is 17.1 Å². The van der Waals surface area contributed by atoms with Crippen molar-refractivity contribution < 1.29 is 4.52 Å². The largest absolute Gasteiger partial charge is 0.359 e. The number of hydrogen-bond donors (Lipinski definition) is 0. The van der Waals surface area contributed by atoms with E-state index in [4.69, 9.17) is 4.52 Å². The minimum absolute atomic E-state index is 0.166. The summed E-state index contributed by atoms with van der Waals surface area (Å²) in [6.07, 6.45) is 8.01. The van der Waals surface area contributed by atoms with Crippen molar-refractivity contribution in [3.8, 4) is 11.4 Å². The molecule has 3 aromatic rings. The van der Waals surface area contributed by atoms with Crippen LogP contribution >= 0.6 is 0 Å². The standard InChI is InChI=1S/C17H16N4O3/c22-16-17(23)21(12-4-3-5-12)9-8-20(16)11-13-10-15(19-24-13)14-6-1-2-7-18-14/h1-2,6-10,12H,3-5,11H2. The van der Waals surface area contributed by atoms with Gasteiger partial charge in [0.05, 0.1) is 12.2 Å². The normalized spacial score (nSPS) is 14.5. The summed E-state index contributed by atoms with van der Waals surface area (Å²) in [6, 6.07) is 7.41. The SMILES string of the molecule is O=c1c(=O)n(C2CCC2)ccn1Cc1cc(-c2ccccn2)no1. The van der Waals surface area contributed by atoms with Gasteiger partial charge in [0.2, 0.25) is 0 Å². The second-order valence-electron chi connectivity index (χ2n) is 5.92. The molecule has 122 valence electrons. The van der Waals surface area contributed by atoms with Gasteiger partial charge in [0.1, 0.15) is 5.69 Å². The summed E-state index contributed by atoms with van der Waals surface area (Å²) in [5.41, 5.74) is 0.272. The molecule has 1 aliphatic carbocycles. The molecule has 1 fully saturated rings. The molecule has 3 aromatic heterocycles. The fourth-order valence-corrected chi connectivity index (χ4v) is 2.79. The predicted molar refractivity (Wildman–Crippen MR) is 86.7 cm³/mol. The molecular formula is C17H16N4O3. The van der Waals surface area contributed by atoms with Crippen LogP contribution in [0.2, 0.25) is 0 Å². The highest BCUT2D eigenvalue weighted by Crippen LogP contribution is 2.29. The van der Waals surface area contributed by atoms with E-state index >= 15 is 0 Å². The lowest BCUT2D eigenvalue weighted by Crippen LogP contribution is -2.43. The molecule has 0 atom stereocenters. The molecular weight excluding hydrogens is 308 g/mol. The Labute approximate surface area is 137 Å². The van der Waals surface area contributed by atoms with E-state index in [1.165, 1.54) is 4.57 Å². The van der Waals surface area contributed by atoms with Crippen molar-refractivity contribution >= 4 is 0 Å². The van der Waals surface area contributed by atoms with Crippen molar-refractivity contribution in [1.29, 1.82) is 0 Å². The quantitative estimate of drug-likeness (QED) is 0.684. The van der Waals surface area contributed by atoms with Gasteiger partial charge in [-0.1, -0.05) is 11.2 Å². The average molecular weight is 324 g/mol.